The summed E-state index contributed by atoms with van der Waals surface area (Å²) in [5.41, 5.74) is 0.865. The van der Waals surface area contributed by atoms with E-state index >= 15 is 0 Å². The van der Waals surface area contributed by atoms with E-state index in [1.165, 1.54) is 16.7 Å². The summed E-state index contributed by atoms with van der Waals surface area (Å²) in [6.07, 6.45) is -1.22. The fraction of sp³-hybridized carbons (Fsp3) is 0.500. The van der Waals surface area contributed by atoms with Crippen LogP contribution < -0.4 is 10.6 Å². The summed E-state index contributed by atoms with van der Waals surface area (Å²) in [4.78, 5) is 38.6. The molecule has 3 unspecified atom stereocenters. The zero-order valence-electron chi connectivity index (χ0n) is 15.7. The number of amides is 3. The van der Waals surface area contributed by atoms with E-state index in [0.29, 0.717) is 0 Å². The number of alkyl carbamates (subject to hydrolysis) is 1. The van der Waals surface area contributed by atoms with Crippen molar-refractivity contribution >= 4 is 64.5 Å². The monoisotopic (exact) mass is 479 g/mol. The Labute approximate surface area is 187 Å². The summed E-state index contributed by atoms with van der Waals surface area (Å²) in [7, 11) is 0. The fourth-order valence-corrected chi connectivity index (χ4v) is 5.03. The van der Waals surface area contributed by atoms with Crippen LogP contribution in [-0.4, -0.2) is 55.5 Å². The minimum atomic E-state index is -1.72. The van der Waals surface area contributed by atoms with Gasteiger partial charge < -0.3 is 15.0 Å². The van der Waals surface area contributed by atoms with Gasteiger partial charge in [0.1, 0.15) is 24.2 Å². The van der Waals surface area contributed by atoms with Gasteiger partial charge in [-0.25, -0.2) is 4.79 Å². The highest BCUT2D eigenvalue weighted by atomic mass is 35.6. The summed E-state index contributed by atoms with van der Waals surface area (Å²) < 4.78 is 2.68. The zero-order valence-corrected chi connectivity index (χ0v) is 18.7. The number of carbonyl (C=O) groups is 3. The van der Waals surface area contributed by atoms with Crippen molar-refractivity contribution in [1.82, 2.24) is 15.5 Å². The van der Waals surface area contributed by atoms with Crippen LogP contribution >= 0.6 is 46.6 Å². The van der Waals surface area contributed by atoms with Crippen LogP contribution in [0.5, 0.6) is 0 Å². The van der Waals surface area contributed by atoms with Crippen LogP contribution in [0.3, 0.4) is 0 Å². The first kappa shape index (κ1) is 22.3. The number of nitrogens with zero attached hydrogens (tertiary/aromatic N) is 1. The Morgan fingerprint density at radius 3 is 2.48 bits per heavy atom. The maximum atomic E-state index is 12.7. The largest absolute Gasteiger partial charge is 0.445 e. The molecule has 29 heavy (non-hydrogen) atoms. The molecule has 7 nitrogen and oxygen atoms in total. The molecule has 1 aromatic rings. The lowest BCUT2D eigenvalue weighted by Gasteiger charge is -2.44. The van der Waals surface area contributed by atoms with Gasteiger partial charge in [-0.15, -0.1) is 11.8 Å². The number of fused-ring (bicyclic) bond motifs is 1. The molecule has 0 aromatic heterocycles. The number of hydrogen-bond donors (Lipinski definition) is 2. The molecule has 2 saturated heterocycles. The molecule has 11 heteroatoms. The second-order valence-electron chi connectivity index (χ2n) is 7.30. The Bertz CT molecular complexity index is 803. The number of ether oxygens (including phenoxy) is 1. The van der Waals surface area contributed by atoms with Crippen LogP contribution in [0.1, 0.15) is 19.4 Å². The third-order valence-electron chi connectivity index (χ3n) is 4.59. The highest BCUT2D eigenvalue weighted by molar-refractivity contribution is 8.01. The highest BCUT2D eigenvalue weighted by Crippen LogP contribution is 2.49. The van der Waals surface area contributed by atoms with Crippen molar-refractivity contribution in [2.75, 3.05) is 6.61 Å². The van der Waals surface area contributed by atoms with E-state index in [1.54, 1.807) is 0 Å². The maximum Gasteiger partial charge on any atom is 0.408 e. The Morgan fingerprint density at radius 2 is 1.86 bits per heavy atom. The van der Waals surface area contributed by atoms with Crippen LogP contribution in [-0.2, 0) is 20.7 Å². The highest BCUT2D eigenvalue weighted by Gasteiger charge is 2.62. The fourth-order valence-electron chi connectivity index (χ4n) is 3.28. The summed E-state index contributed by atoms with van der Waals surface area (Å²) >= 11 is 18.2. The number of carbonyl (C=O) groups excluding carboxylic acids is 3. The van der Waals surface area contributed by atoms with Gasteiger partial charge in [0.05, 0.1) is 11.2 Å². The van der Waals surface area contributed by atoms with Crippen LogP contribution in [0, 0.1) is 0 Å². The summed E-state index contributed by atoms with van der Waals surface area (Å²) in [5, 5.41) is 5.17. The number of benzene rings is 1. The first-order chi connectivity index (χ1) is 13.5. The van der Waals surface area contributed by atoms with Gasteiger partial charge in [0.2, 0.25) is 9.70 Å². The molecule has 3 atom stereocenters. The first-order valence-corrected chi connectivity index (χ1v) is 10.8. The number of thioether (sulfide) groups is 1. The Balaban J connectivity index is 1.59. The minimum Gasteiger partial charge on any atom is -0.445 e. The van der Waals surface area contributed by atoms with Crippen molar-refractivity contribution in [3.63, 3.8) is 0 Å². The Hall–Kier alpha value is -1.35. The van der Waals surface area contributed by atoms with E-state index < -0.39 is 33.4 Å². The number of hydrogen-bond acceptors (Lipinski definition) is 5. The molecule has 0 bridgehead atoms. The van der Waals surface area contributed by atoms with E-state index in [2.05, 4.69) is 10.6 Å². The molecule has 2 heterocycles. The molecule has 3 rings (SSSR count). The molecule has 0 radical (unpaired) electrons. The number of nitrogens with one attached hydrogen (secondary N) is 2. The molecular weight excluding hydrogens is 461 g/mol. The standard InChI is InChI=1S/C18H20Cl3N3O4S/c1-17(2)15(23-16(27)28-9-18(19,20)21)24-13(26)12(14(24)29-17)22-11(25)8-10-6-4-3-5-7-10/h3-7,12,14-15H,8-9H2,1-2H3,(H,22,25)(H,23,27). The SMILES string of the molecule is CC1(C)SC2C(NC(=O)Cc3ccccc3)C(=O)N2C1NC(=O)OCC(Cl)(Cl)Cl. The quantitative estimate of drug-likeness (QED) is 0.500. The van der Waals surface area contributed by atoms with Gasteiger partial charge in [-0.2, -0.15) is 0 Å². The van der Waals surface area contributed by atoms with E-state index in [0.717, 1.165) is 5.56 Å². The molecule has 158 valence electrons. The summed E-state index contributed by atoms with van der Waals surface area (Å²) in [6, 6.07) is 8.64. The van der Waals surface area contributed by atoms with Gasteiger partial charge >= 0.3 is 6.09 Å². The lowest BCUT2D eigenvalue weighted by atomic mass is 10.0. The lowest BCUT2D eigenvalue weighted by Crippen LogP contribution is -2.72. The van der Waals surface area contributed by atoms with Gasteiger partial charge in [0.25, 0.3) is 5.91 Å². The average molecular weight is 481 g/mol. The first-order valence-electron chi connectivity index (χ1n) is 8.81. The van der Waals surface area contributed by atoms with Crippen molar-refractivity contribution in [3.05, 3.63) is 35.9 Å². The lowest BCUT2D eigenvalue weighted by molar-refractivity contribution is -0.151. The molecule has 0 saturated carbocycles. The molecule has 1 aromatic carbocycles. The van der Waals surface area contributed by atoms with Crippen LogP contribution in [0.15, 0.2) is 30.3 Å². The predicted octanol–water partition coefficient (Wildman–Crippen LogP) is 2.83. The molecule has 2 aliphatic heterocycles. The summed E-state index contributed by atoms with van der Waals surface area (Å²) in [6.45, 7) is 3.37. The predicted molar refractivity (Wildman–Crippen MR) is 113 cm³/mol. The number of rotatable bonds is 5. The van der Waals surface area contributed by atoms with Crippen LogP contribution in [0.4, 0.5) is 4.79 Å². The third kappa shape index (κ3) is 5.23. The van der Waals surface area contributed by atoms with Gasteiger partial charge in [-0.3, -0.25) is 14.9 Å². The molecule has 2 fully saturated rings. The number of β-lactam (4-membered cyclic amide) rings is 1. The molecular formula is C18H20Cl3N3O4S. The second-order valence-corrected chi connectivity index (χ2v) is 11.6. The molecule has 0 spiro atoms. The maximum absolute atomic E-state index is 12.7. The second kappa shape index (κ2) is 8.41. The third-order valence-corrected chi connectivity index (χ3v) is 6.49. The van der Waals surface area contributed by atoms with E-state index in [-0.39, 0.29) is 23.6 Å². The number of halogens is 3. The van der Waals surface area contributed by atoms with Crippen molar-refractivity contribution in [1.29, 1.82) is 0 Å². The van der Waals surface area contributed by atoms with Crippen LogP contribution in [0.25, 0.3) is 0 Å². The molecule has 2 aliphatic rings. The van der Waals surface area contributed by atoms with Gasteiger partial charge in [-0.05, 0) is 19.4 Å². The summed E-state index contributed by atoms with van der Waals surface area (Å²) in [5.74, 6) is -0.493. The van der Waals surface area contributed by atoms with Crippen molar-refractivity contribution in [2.45, 2.75) is 46.4 Å². The van der Waals surface area contributed by atoms with Gasteiger partial charge in [-0.1, -0.05) is 65.1 Å². The topological polar surface area (TPSA) is 87.7 Å². The Morgan fingerprint density at radius 1 is 1.21 bits per heavy atom. The van der Waals surface area contributed by atoms with Crippen LogP contribution in [0.2, 0.25) is 0 Å². The average Bonchev–Trinajstić information content (AvgIpc) is 2.86. The smallest absolute Gasteiger partial charge is 0.408 e. The zero-order chi connectivity index (χ0) is 21.4. The van der Waals surface area contributed by atoms with Crippen molar-refractivity contribution < 1.29 is 19.1 Å². The van der Waals surface area contributed by atoms with Crippen molar-refractivity contribution in [2.24, 2.45) is 0 Å². The van der Waals surface area contributed by atoms with E-state index in [4.69, 9.17) is 39.5 Å². The van der Waals surface area contributed by atoms with Gasteiger partial charge in [0.15, 0.2) is 0 Å². The molecule has 2 N–H and O–H groups in total. The normalized spacial score (nSPS) is 25.1. The van der Waals surface area contributed by atoms with E-state index in [9.17, 15) is 14.4 Å². The minimum absolute atomic E-state index is 0.191. The van der Waals surface area contributed by atoms with E-state index in [1.807, 2.05) is 44.2 Å². The number of alkyl halides is 3. The molecule has 3 amide bonds. The van der Waals surface area contributed by atoms with Crippen molar-refractivity contribution in [3.8, 4) is 0 Å². The Kier molecular flexibility index (Phi) is 6.48. The molecule has 0 aliphatic carbocycles. The van der Waals surface area contributed by atoms with Gasteiger partial charge in [0, 0.05) is 0 Å².